The monoisotopic (exact) mass is 767 g/mol. The van der Waals surface area contributed by atoms with E-state index in [1.165, 1.54) is 72.8 Å². The molecule has 10 nitrogen and oxygen atoms in total. The number of carboxylic acid groups (broad SMARTS) is 1. The highest BCUT2D eigenvalue weighted by molar-refractivity contribution is 7.90. The lowest BCUT2D eigenvalue weighted by Crippen LogP contribution is -2.27. The normalized spacial score (nSPS) is 11.9. The van der Waals surface area contributed by atoms with Gasteiger partial charge in [-0.1, -0.05) is 66.3 Å². The van der Waals surface area contributed by atoms with Crippen LogP contribution < -0.4 is 19.5 Å². The number of amides is 1. The molecule has 0 aliphatic rings. The van der Waals surface area contributed by atoms with Crippen molar-refractivity contribution in [3.63, 3.8) is 0 Å². The van der Waals surface area contributed by atoms with E-state index in [-0.39, 0.29) is 71.1 Å². The van der Waals surface area contributed by atoms with Crippen LogP contribution in [-0.4, -0.2) is 44.2 Å². The van der Waals surface area contributed by atoms with Crippen LogP contribution in [0.4, 0.5) is 0 Å². The number of aliphatic carboxylic acids is 1. The van der Waals surface area contributed by atoms with Gasteiger partial charge in [-0.3, -0.25) is 14.4 Å². The van der Waals surface area contributed by atoms with Gasteiger partial charge in [-0.15, -0.1) is 0 Å². The number of carbonyl (C=O) groups excluding carboxylic acids is 2. The molecule has 15 heteroatoms. The third-order valence-corrected chi connectivity index (χ3v) is 8.98. The van der Waals surface area contributed by atoms with Crippen LogP contribution in [0.5, 0.6) is 28.7 Å². The first-order valence-electron chi connectivity index (χ1n) is 14.5. The highest BCUT2D eigenvalue weighted by atomic mass is 35.5. The van der Waals surface area contributed by atoms with Gasteiger partial charge in [0.15, 0.2) is 9.84 Å². The number of halogens is 4. The molecule has 0 aliphatic carbocycles. The minimum Gasteiger partial charge on any atom is -0.481 e. The van der Waals surface area contributed by atoms with E-state index in [4.69, 9.17) is 60.6 Å². The standard InChI is InChI=1S/C34H29Cl4NO9S/c1-18(2)17-39-33(41)20-5-8-30(27(37)10-20)48-31-11-19(4-7-26(31)36)25(34(42)43)16-32(40)47-23-13-21(35)12-22(14-23)46-29-9-6-24(15-28(29)38)49(3,44)45/h4-15,18,25H,16-17H2,1-3H3,(H,39,41)(H,42,43). The van der Waals surface area contributed by atoms with Crippen molar-refractivity contribution in [3.8, 4) is 28.7 Å². The Morgan fingerprint density at radius 2 is 1.43 bits per heavy atom. The Hall–Kier alpha value is -4.00. The van der Waals surface area contributed by atoms with Gasteiger partial charge in [0.1, 0.15) is 28.7 Å². The SMILES string of the molecule is CC(C)CNC(=O)c1ccc(Oc2cc(C(CC(=O)Oc3cc(Cl)cc(Oc4ccc(S(C)(=O)=O)cc4Cl)c3)C(=O)O)ccc2Cl)c(Cl)c1. The third-order valence-electron chi connectivity index (χ3n) is 6.75. The predicted molar refractivity (Wildman–Crippen MR) is 187 cm³/mol. The summed E-state index contributed by atoms with van der Waals surface area (Å²) in [5.74, 6) is -3.20. The van der Waals surface area contributed by atoms with Crippen molar-refractivity contribution in [2.24, 2.45) is 5.92 Å². The number of sulfone groups is 1. The Labute approximate surface area is 302 Å². The van der Waals surface area contributed by atoms with E-state index in [0.717, 1.165) is 6.26 Å². The predicted octanol–water partition coefficient (Wildman–Crippen LogP) is 8.84. The highest BCUT2D eigenvalue weighted by Gasteiger charge is 2.26. The molecule has 0 heterocycles. The zero-order valence-corrected chi connectivity index (χ0v) is 30.0. The van der Waals surface area contributed by atoms with Crippen LogP contribution in [0.3, 0.4) is 0 Å². The third kappa shape index (κ3) is 10.5. The Morgan fingerprint density at radius 3 is 2.06 bits per heavy atom. The van der Waals surface area contributed by atoms with Crippen LogP contribution >= 0.6 is 46.4 Å². The highest BCUT2D eigenvalue weighted by Crippen LogP contribution is 2.38. The fourth-order valence-electron chi connectivity index (χ4n) is 4.32. The van der Waals surface area contributed by atoms with Crippen molar-refractivity contribution in [3.05, 3.63) is 104 Å². The number of carbonyl (C=O) groups is 3. The molecule has 4 aromatic carbocycles. The van der Waals surface area contributed by atoms with E-state index < -0.39 is 34.1 Å². The summed E-state index contributed by atoms with van der Waals surface area (Å²) < 4.78 is 40.6. The Kier molecular flexibility index (Phi) is 12.5. The van der Waals surface area contributed by atoms with Crippen LogP contribution in [0.25, 0.3) is 0 Å². The van der Waals surface area contributed by atoms with Crippen molar-refractivity contribution >= 4 is 74.1 Å². The second kappa shape index (κ2) is 16.1. The van der Waals surface area contributed by atoms with E-state index in [0.29, 0.717) is 12.1 Å². The number of hydrogen-bond acceptors (Lipinski definition) is 8. The summed E-state index contributed by atoms with van der Waals surface area (Å²) in [4.78, 5) is 37.7. The van der Waals surface area contributed by atoms with Crippen LogP contribution in [0.1, 0.15) is 42.1 Å². The second-order valence-corrected chi connectivity index (χ2v) is 14.9. The number of hydrogen-bond donors (Lipinski definition) is 2. The van der Waals surface area contributed by atoms with E-state index >= 15 is 0 Å². The number of nitrogens with one attached hydrogen (secondary N) is 1. The first kappa shape index (κ1) is 37.8. The minimum absolute atomic E-state index is 0.00117. The van der Waals surface area contributed by atoms with E-state index in [1.807, 2.05) is 13.8 Å². The molecule has 0 spiro atoms. The fourth-order valence-corrected chi connectivity index (χ4v) is 5.84. The summed E-state index contributed by atoms with van der Waals surface area (Å²) in [5.41, 5.74) is 0.514. The summed E-state index contributed by atoms with van der Waals surface area (Å²) >= 11 is 25.1. The topological polar surface area (TPSA) is 145 Å². The van der Waals surface area contributed by atoms with Gasteiger partial charge in [0.2, 0.25) is 0 Å². The van der Waals surface area contributed by atoms with Gasteiger partial charge in [0.25, 0.3) is 5.91 Å². The number of ether oxygens (including phenoxy) is 3. The molecule has 2 N–H and O–H groups in total. The molecule has 1 amide bonds. The molecule has 4 rings (SSSR count). The number of carboxylic acids is 1. The van der Waals surface area contributed by atoms with E-state index in [1.54, 1.807) is 0 Å². The molecule has 0 fully saturated rings. The van der Waals surface area contributed by atoms with Crippen molar-refractivity contribution in [2.45, 2.75) is 31.1 Å². The van der Waals surface area contributed by atoms with Crippen molar-refractivity contribution in [1.29, 1.82) is 0 Å². The molecule has 4 aromatic rings. The van der Waals surface area contributed by atoms with Gasteiger partial charge in [-0.2, -0.15) is 0 Å². The van der Waals surface area contributed by atoms with Gasteiger partial charge < -0.3 is 24.6 Å². The van der Waals surface area contributed by atoms with Crippen molar-refractivity contribution in [2.75, 3.05) is 12.8 Å². The molecule has 0 saturated heterocycles. The Bertz CT molecular complexity index is 2020. The van der Waals surface area contributed by atoms with Crippen LogP contribution in [0.2, 0.25) is 20.1 Å². The zero-order valence-electron chi connectivity index (χ0n) is 26.1. The van der Waals surface area contributed by atoms with E-state index in [2.05, 4.69) is 5.32 Å². The quantitative estimate of drug-likeness (QED) is 0.101. The van der Waals surface area contributed by atoms with Gasteiger partial charge in [0.05, 0.1) is 32.3 Å². The second-order valence-electron chi connectivity index (χ2n) is 11.2. The molecule has 49 heavy (non-hydrogen) atoms. The maximum absolute atomic E-state index is 13.0. The maximum Gasteiger partial charge on any atom is 0.312 e. The minimum atomic E-state index is -3.50. The fraction of sp³-hybridized carbons (Fsp3) is 0.206. The van der Waals surface area contributed by atoms with Crippen LogP contribution in [-0.2, 0) is 19.4 Å². The van der Waals surface area contributed by atoms with Crippen molar-refractivity contribution < 1.29 is 42.1 Å². The summed E-state index contributed by atoms with van der Waals surface area (Å²) in [6, 6.07) is 16.7. The average molecular weight is 769 g/mol. The van der Waals surface area contributed by atoms with Crippen LogP contribution in [0.15, 0.2) is 77.7 Å². The molecule has 0 radical (unpaired) electrons. The molecular formula is C34H29Cl4NO9S. The molecule has 0 aliphatic heterocycles. The van der Waals surface area contributed by atoms with Gasteiger partial charge in [-0.05, 0) is 72.1 Å². The Morgan fingerprint density at radius 1 is 0.776 bits per heavy atom. The smallest absolute Gasteiger partial charge is 0.312 e. The first-order chi connectivity index (χ1) is 23.0. The average Bonchev–Trinajstić information content (AvgIpc) is 3.00. The van der Waals surface area contributed by atoms with Crippen LogP contribution in [0, 0.1) is 5.92 Å². The largest absolute Gasteiger partial charge is 0.481 e. The summed E-state index contributed by atoms with van der Waals surface area (Å²) in [5, 5.41) is 13.2. The summed E-state index contributed by atoms with van der Waals surface area (Å²) in [7, 11) is -3.50. The molecule has 258 valence electrons. The molecule has 0 bridgehead atoms. The maximum atomic E-state index is 13.0. The number of esters is 1. The lowest BCUT2D eigenvalue weighted by molar-refractivity contribution is -0.144. The van der Waals surface area contributed by atoms with Crippen molar-refractivity contribution in [1.82, 2.24) is 5.32 Å². The van der Waals surface area contributed by atoms with Gasteiger partial charge in [-0.25, -0.2) is 8.42 Å². The summed E-state index contributed by atoms with van der Waals surface area (Å²) in [6.07, 6.45) is 0.457. The number of rotatable bonds is 13. The first-order valence-corrected chi connectivity index (χ1v) is 17.9. The molecule has 1 atom stereocenters. The lowest BCUT2D eigenvalue weighted by Gasteiger charge is -2.16. The summed E-state index contributed by atoms with van der Waals surface area (Å²) in [6.45, 7) is 4.43. The molecule has 1 unspecified atom stereocenters. The molecule has 0 aromatic heterocycles. The van der Waals surface area contributed by atoms with Gasteiger partial charge >= 0.3 is 11.9 Å². The number of benzene rings is 4. The Balaban J connectivity index is 1.48. The molecular weight excluding hydrogens is 740 g/mol. The molecule has 0 saturated carbocycles. The lowest BCUT2D eigenvalue weighted by atomic mass is 9.95. The van der Waals surface area contributed by atoms with E-state index in [9.17, 15) is 27.9 Å². The van der Waals surface area contributed by atoms with Gasteiger partial charge in [0, 0.05) is 29.5 Å². The zero-order chi connectivity index (χ0) is 36.0.